The van der Waals surface area contributed by atoms with E-state index >= 15 is 0 Å². The van der Waals surface area contributed by atoms with Crippen LogP contribution in [0.3, 0.4) is 0 Å². The molecular formula is C22H28N2O. The van der Waals surface area contributed by atoms with Crippen molar-refractivity contribution in [2.75, 3.05) is 5.73 Å². The number of unbranched alkanes of at least 4 members (excludes halogenated alkanes) is 3. The second kappa shape index (κ2) is 10.3. The average molecular weight is 336 g/mol. The molecule has 0 heterocycles. The summed E-state index contributed by atoms with van der Waals surface area (Å²) in [6.07, 6.45) is 7.37. The molecule has 0 spiro atoms. The van der Waals surface area contributed by atoms with Crippen LogP contribution in [0, 0.1) is 0 Å². The Labute approximate surface area is 150 Å². The van der Waals surface area contributed by atoms with Gasteiger partial charge >= 0.3 is 0 Å². The lowest BCUT2D eigenvalue weighted by molar-refractivity contribution is 0.104. The molecule has 2 aromatic carbocycles. The number of nitrogen functional groups attached to an aromatic ring is 1. The Balaban J connectivity index is 2.02. The number of anilines is 1. The van der Waals surface area contributed by atoms with Gasteiger partial charge in [-0.25, -0.2) is 0 Å². The van der Waals surface area contributed by atoms with Gasteiger partial charge in [0.25, 0.3) is 0 Å². The van der Waals surface area contributed by atoms with E-state index in [0.29, 0.717) is 6.54 Å². The number of hydrogen-bond acceptors (Lipinski definition) is 3. The molecule has 0 unspecified atom stereocenters. The molecule has 0 bridgehead atoms. The fourth-order valence-corrected chi connectivity index (χ4v) is 2.65. The molecule has 25 heavy (non-hydrogen) atoms. The molecule has 0 aromatic heterocycles. The molecule has 0 radical (unpaired) electrons. The van der Waals surface area contributed by atoms with Gasteiger partial charge in [0.2, 0.25) is 0 Å². The van der Waals surface area contributed by atoms with Crippen LogP contribution in [0.2, 0.25) is 0 Å². The minimum absolute atomic E-state index is 0.0518. The second-order valence-corrected chi connectivity index (χ2v) is 6.31. The normalized spacial score (nSPS) is 11.3. The zero-order chi connectivity index (χ0) is 17.9. The van der Waals surface area contributed by atoms with Crippen LogP contribution in [0.15, 0.2) is 66.4 Å². The van der Waals surface area contributed by atoms with Gasteiger partial charge in [0.1, 0.15) is 0 Å². The zero-order valence-electron chi connectivity index (χ0n) is 15.0. The highest BCUT2D eigenvalue weighted by molar-refractivity contribution is 6.04. The van der Waals surface area contributed by atoms with Crippen LogP contribution in [0.4, 0.5) is 5.69 Å². The Kier molecular flexibility index (Phi) is 7.77. The highest BCUT2D eigenvalue weighted by Crippen LogP contribution is 2.12. The molecule has 132 valence electrons. The molecule has 0 saturated heterocycles. The van der Waals surface area contributed by atoms with Gasteiger partial charge in [-0.05, 0) is 30.5 Å². The number of ketones is 1. The molecule has 3 nitrogen and oxygen atoms in total. The maximum absolute atomic E-state index is 12.5. The van der Waals surface area contributed by atoms with Crippen LogP contribution in [-0.2, 0) is 6.54 Å². The van der Waals surface area contributed by atoms with Gasteiger partial charge in [-0.2, -0.15) is 0 Å². The van der Waals surface area contributed by atoms with Crippen molar-refractivity contribution in [1.29, 1.82) is 0 Å². The first kappa shape index (κ1) is 18.8. The zero-order valence-corrected chi connectivity index (χ0v) is 15.0. The largest absolute Gasteiger partial charge is 0.399 e. The monoisotopic (exact) mass is 336 g/mol. The molecule has 0 fully saturated rings. The first-order chi connectivity index (χ1) is 12.2. The third-order valence-electron chi connectivity index (χ3n) is 4.16. The molecule has 0 amide bonds. The van der Waals surface area contributed by atoms with E-state index in [0.717, 1.165) is 35.4 Å². The Morgan fingerprint density at radius 2 is 1.72 bits per heavy atom. The van der Waals surface area contributed by atoms with Crippen LogP contribution in [0.25, 0.3) is 0 Å². The van der Waals surface area contributed by atoms with Crippen molar-refractivity contribution < 1.29 is 4.79 Å². The van der Waals surface area contributed by atoms with Crippen LogP contribution in [-0.4, -0.2) is 5.78 Å². The minimum Gasteiger partial charge on any atom is -0.399 e. The maximum Gasteiger partial charge on any atom is 0.187 e. The van der Waals surface area contributed by atoms with Crippen molar-refractivity contribution in [2.24, 2.45) is 0 Å². The van der Waals surface area contributed by atoms with Gasteiger partial charge in [0.15, 0.2) is 5.78 Å². The van der Waals surface area contributed by atoms with Crippen molar-refractivity contribution >= 4 is 11.5 Å². The summed E-state index contributed by atoms with van der Waals surface area (Å²) in [6.45, 7) is 2.90. The number of allylic oxidation sites excluding steroid dienone is 2. The van der Waals surface area contributed by atoms with Gasteiger partial charge in [-0.15, -0.1) is 0 Å². The van der Waals surface area contributed by atoms with Gasteiger partial charge in [-0.1, -0.05) is 68.7 Å². The second-order valence-electron chi connectivity index (χ2n) is 6.31. The summed E-state index contributed by atoms with van der Waals surface area (Å²) in [5.74, 6) is 0.0518. The van der Waals surface area contributed by atoms with Crippen LogP contribution < -0.4 is 11.1 Å². The molecule has 3 heteroatoms. The molecular weight excluding hydrogens is 308 g/mol. The quantitative estimate of drug-likeness (QED) is 0.275. The third kappa shape index (κ3) is 6.84. The number of rotatable bonds is 10. The van der Waals surface area contributed by atoms with E-state index in [1.54, 1.807) is 6.08 Å². The fraction of sp³-hybridized carbons (Fsp3) is 0.318. The predicted octanol–water partition coefficient (Wildman–Crippen LogP) is 5.10. The minimum atomic E-state index is 0.0518. The number of carbonyl (C=O) groups is 1. The topological polar surface area (TPSA) is 55.1 Å². The van der Waals surface area contributed by atoms with Crippen molar-refractivity contribution in [1.82, 2.24) is 5.32 Å². The predicted molar refractivity (Wildman–Crippen MR) is 105 cm³/mol. The fourth-order valence-electron chi connectivity index (χ4n) is 2.65. The van der Waals surface area contributed by atoms with Gasteiger partial charge in [0.05, 0.1) is 0 Å². The molecule has 0 aliphatic carbocycles. The molecule has 0 aliphatic heterocycles. The summed E-state index contributed by atoms with van der Waals surface area (Å²) < 4.78 is 0. The summed E-state index contributed by atoms with van der Waals surface area (Å²) in [4.78, 5) is 12.5. The highest BCUT2D eigenvalue weighted by atomic mass is 16.1. The van der Waals surface area contributed by atoms with Crippen molar-refractivity contribution in [3.05, 3.63) is 77.5 Å². The van der Waals surface area contributed by atoms with E-state index in [4.69, 9.17) is 5.73 Å². The van der Waals surface area contributed by atoms with Crippen molar-refractivity contribution in [2.45, 2.75) is 45.6 Å². The Hall–Kier alpha value is -2.55. The first-order valence-corrected chi connectivity index (χ1v) is 9.07. The molecule has 2 aromatic rings. The number of benzene rings is 2. The highest BCUT2D eigenvalue weighted by Gasteiger charge is 2.05. The number of hydrogen-bond donors (Lipinski definition) is 2. The van der Waals surface area contributed by atoms with Crippen LogP contribution in [0.5, 0.6) is 0 Å². The standard InChI is InChI=1S/C22H28N2O/c1-2-3-4-8-11-21(16-22(25)19-9-6-5-7-10-19)24-17-18-12-14-20(23)15-13-18/h5-7,9-10,12-16,24H,2-4,8,11,17,23H2,1H3/b21-16-. The number of nitrogens with two attached hydrogens (primary N) is 1. The lowest BCUT2D eigenvalue weighted by Gasteiger charge is -2.12. The van der Waals surface area contributed by atoms with Crippen molar-refractivity contribution in [3.63, 3.8) is 0 Å². The van der Waals surface area contributed by atoms with Gasteiger partial charge in [0, 0.05) is 29.6 Å². The molecule has 3 N–H and O–H groups in total. The maximum atomic E-state index is 12.5. The van der Waals surface area contributed by atoms with Crippen molar-refractivity contribution in [3.8, 4) is 0 Å². The lowest BCUT2D eigenvalue weighted by Crippen LogP contribution is -2.14. The summed E-state index contributed by atoms with van der Waals surface area (Å²) in [5.41, 5.74) is 9.37. The Morgan fingerprint density at radius 1 is 1.00 bits per heavy atom. The average Bonchev–Trinajstić information content (AvgIpc) is 2.65. The molecule has 0 aliphatic rings. The molecule has 2 rings (SSSR count). The summed E-state index contributed by atoms with van der Waals surface area (Å²) in [6, 6.07) is 17.2. The lowest BCUT2D eigenvalue weighted by atomic mass is 10.1. The summed E-state index contributed by atoms with van der Waals surface area (Å²) in [5, 5.41) is 3.43. The van der Waals surface area contributed by atoms with E-state index in [-0.39, 0.29) is 5.78 Å². The SMILES string of the molecule is CCCCCC/C(=C/C(=O)c1ccccc1)NCc1ccc(N)cc1. The summed E-state index contributed by atoms with van der Waals surface area (Å²) in [7, 11) is 0. The van der Waals surface area contributed by atoms with Crippen LogP contribution in [0.1, 0.15) is 54.9 Å². The van der Waals surface area contributed by atoms with E-state index in [1.807, 2.05) is 54.6 Å². The van der Waals surface area contributed by atoms with E-state index in [2.05, 4.69) is 12.2 Å². The van der Waals surface area contributed by atoms with Crippen LogP contribution >= 0.6 is 0 Å². The van der Waals surface area contributed by atoms with E-state index in [9.17, 15) is 4.79 Å². The Bertz CT molecular complexity index is 675. The number of nitrogens with one attached hydrogen (secondary N) is 1. The first-order valence-electron chi connectivity index (χ1n) is 9.07. The number of carbonyl (C=O) groups excluding carboxylic acids is 1. The van der Waals surface area contributed by atoms with Gasteiger partial charge in [-0.3, -0.25) is 4.79 Å². The Morgan fingerprint density at radius 3 is 2.40 bits per heavy atom. The molecule has 0 saturated carbocycles. The summed E-state index contributed by atoms with van der Waals surface area (Å²) >= 11 is 0. The van der Waals surface area contributed by atoms with Gasteiger partial charge < -0.3 is 11.1 Å². The van der Waals surface area contributed by atoms with E-state index < -0.39 is 0 Å². The van der Waals surface area contributed by atoms with E-state index in [1.165, 1.54) is 19.3 Å². The molecule has 0 atom stereocenters. The third-order valence-corrected chi connectivity index (χ3v) is 4.16. The smallest absolute Gasteiger partial charge is 0.187 e.